The molecular weight excluding hydrogens is 325 g/mol. The van der Waals surface area contributed by atoms with Crippen LogP contribution in [0.5, 0.6) is 5.75 Å². The number of nitrogens with zero attached hydrogens (tertiary/aromatic N) is 2. The molecule has 2 aromatic rings. The zero-order valence-electron chi connectivity index (χ0n) is 10.2. The molecule has 2 rings (SSSR count). The van der Waals surface area contributed by atoms with Gasteiger partial charge in [0.15, 0.2) is 0 Å². The average Bonchev–Trinajstić information content (AvgIpc) is 2.37. The minimum atomic E-state index is -0.427. The van der Waals surface area contributed by atoms with E-state index in [0.29, 0.717) is 16.3 Å². The molecule has 0 spiro atoms. The second kappa shape index (κ2) is 6.26. The van der Waals surface area contributed by atoms with Crippen LogP contribution in [0.3, 0.4) is 0 Å². The summed E-state index contributed by atoms with van der Waals surface area (Å²) in [6.45, 7) is 0. The molecule has 0 unspecified atom stereocenters. The van der Waals surface area contributed by atoms with Crippen LogP contribution in [0.15, 0.2) is 24.3 Å². The molecule has 1 heterocycles. The fraction of sp³-hybridized carbons (Fsp3) is 0.0833. The fourth-order valence-corrected chi connectivity index (χ4v) is 2.06. The Balaban J connectivity index is 2.28. The number of halogens is 3. The summed E-state index contributed by atoms with van der Waals surface area (Å²) in [7, 11) is 1.45. The van der Waals surface area contributed by atoms with Gasteiger partial charge in [-0.25, -0.2) is 9.97 Å². The molecule has 0 radical (unpaired) electrons. The number of carbonyl (C=O) groups is 1. The highest BCUT2D eigenvalue weighted by atomic mass is 35.5. The van der Waals surface area contributed by atoms with E-state index in [9.17, 15) is 4.79 Å². The van der Waals surface area contributed by atoms with Crippen molar-refractivity contribution < 1.29 is 9.53 Å². The molecule has 104 valence electrons. The molecular formula is C12H8Cl3N3O2. The first-order valence-electron chi connectivity index (χ1n) is 5.34. The van der Waals surface area contributed by atoms with Crippen LogP contribution in [0.25, 0.3) is 0 Å². The van der Waals surface area contributed by atoms with Crippen LogP contribution in [0.1, 0.15) is 10.4 Å². The fourth-order valence-electron chi connectivity index (χ4n) is 1.49. The standard InChI is InChI=1S/C12H8Cl3N3O2/c1-20-8-4-6(13)2-3-7(8)11(19)17-10-5-9(14)16-12(15)18-10/h2-5H,1H3,(H,16,17,18,19). The molecule has 0 aliphatic heterocycles. The number of hydrogen-bond acceptors (Lipinski definition) is 4. The molecule has 20 heavy (non-hydrogen) atoms. The molecule has 1 N–H and O–H groups in total. The van der Waals surface area contributed by atoms with Gasteiger partial charge in [0.05, 0.1) is 12.7 Å². The lowest BCUT2D eigenvalue weighted by Gasteiger charge is -2.09. The van der Waals surface area contributed by atoms with Gasteiger partial charge >= 0.3 is 0 Å². The van der Waals surface area contributed by atoms with Gasteiger partial charge in [0.1, 0.15) is 16.7 Å². The van der Waals surface area contributed by atoms with Crippen molar-refractivity contribution in [3.63, 3.8) is 0 Å². The van der Waals surface area contributed by atoms with Crippen molar-refractivity contribution in [1.82, 2.24) is 9.97 Å². The summed E-state index contributed by atoms with van der Waals surface area (Å²) < 4.78 is 5.10. The van der Waals surface area contributed by atoms with E-state index in [1.165, 1.54) is 19.2 Å². The third kappa shape index (κ3) is 3.50. The monoisotopic (exact) mass is 331 g/mol. The van der Waals surface area contributed by atoms with E-state index in [-0.39, 0.29) is 16.3 Å². The number of ether oxygens (including phenoxy) is 1. The molecule has 0 aliphatic rings. The van der Waals surface area contributed by atoms with Crippen LogP contribution in [0, 0.1) is 0 Å². The van der Waals surface area contributed by atoms with Gasteiger partial charge in [-0.2, -0.15) is 0 Å². The summed E-state index contributed by atoms with van der Waals surface area (Å²) in [4.78, 5) is 19.7. The van der Waals surface area contributed by atoms with Gasteiger partial charge < -0.3 is 10.1 Å². The Morgan fingerprint density at radius 3 is 2.60 bits per heavy atom. The summed E-state index contributed by atoms with van der Waals surface area (Å²) in [6, 6.07) is 6.05. The van der Waals surface area contributed by atoms with Gasteiger partial charge in [0, 0.05) is 11.1 Å². The molecule has 0 atom stereocenters. The maximum atomic E-state index is 12.1. The van der Waals surface area contributed by atoms with Gasteiger partial charge in [-0.3, -0.25) is 4.79 Å². The molecule has 0 saturated carbocycles. The second-order valence-corrected chi connectivity index (χ2v) is 4.81. The van der Waals surface area contributed by atoms with Crippen molar-refractivity contribution in [1.29, 1.82) is 0 Å². The molecule has 0 aliphatic carbocycles. The van der Waals surface area contributed by atoms with Gasteiger partial charge in [-0.05, 0) is 29.8 Å². The number of hydrogen-bond donors (Lipinski definition) is 1. The normalized spacial score (nSPS) is 10.2. The third-order valence-electron chi connectivity index (χ3n) is 2.32. The number of carbonyl (C=O) groups excluding carboxylic acids is 1. The highest BCUT2D eigenvalue weighted by Gasteiger charge is 2.14. The largest absolute Gasteiger partial charge is 0.496 e. The third-order valence-corrected chi connectivity index (χ3v) is 2.92. The first-order valence-corrected chi connectivity index (χ1v) is 6.48. The Kier molecular flexibility index (Phi) is 4.65. The highest BCUT2D eigenvalue weighted by molar-refractivity contribution is 6.32. The molecule has 0 bridgehead atoms. The number of nitrogens with one attached hydrogen (secondary N) is 1. The van der Waals surface area contributed by atoms with Gasteiger partial charge in [-0.15, -0.1) is 0 Å². The second-order valence-electron chi connectivity index (χ2n) is 3.64. The Morgan fingerprint density at radius 1 is 1.20 bits per heavy atom. The number of amides is 1. The topological polar surface area (TPSA) is 64.1 Å². The Bertz CT molecular complexity index is 644. The molecule has 1 aromatic carbocycles. The first-order chi connectivity index (χ1) is 9.49. The summed E-state index contributed by atoms with van der Waals surface area (Å²) >= 11 is 17.2. The smallest absolute Gasteiger partial charge is 0.260 e. The predicted molar refractivity (Wildman–Crippen MR) is 78.0 cm³/mol. The van der Waals surface area contributed by atoms with Crippen LogP contribution in [0.4, 0.5) is 5.82 Å². The predicted octanol–water partition coefficient (Wildman–Crippen LogP) is 3.70. The van der Waals surface area contributed by atoms with E-state index in [2.05, 4.69) is 15.3 Å². The van der Waals surface area contributed by atoms with Crippen molar-refractivity contribution in [2.24, 2.45) is 0 Å². The minimum absolute atomic E-state index is 0.0594. The number of anilines is 1. The van der Waals surface area contributed by atoms with Crippen LogP contribution in [-0.4, -0.2) is 23.0 Å². The van der Waals surface area contributed by atoms with E-state index in [0.717, 1.165) is 0 Å². The van der Waals surface area contributed by atoms with Gasteiger partial charge in [0.25, 0.3) is 5.91 Å². The summed E-state index contributed by atoms with van der Waals surface area (Å²) in [6.07, 6.45) is 0. The van der Waals surface area contributed by atoms with Crippen LogP contribution in [-0.2, 0) is 0 Å². The first kappa shape index (κ1) is 14.8. The van der Waals surface area contributed by atoms with Crippen molar-refractivity contribution in [3.05, 3.63) is 45.3 Å². The van der Waals surface area contributed by atoms with Crippen LogP contribution < -0.4 is 10.1 Å². The van der Waals surface area contributed by atoms with Crippen molar-refractivity contribution in [3.8, 4) is 5.75 Å². The molecule has 0 fully saturated rings. The molecule has 1 amide bonds. The van der Waals surface area contributed by atoms with Gasteiger partial charge in [0.2, 0.25) is 5.28 Å². The zero-order valence-corrected chi connectivity index (χ0v) is 12.4. The number of rotatable bonds is 3. The minimum Gasteiger partial charge on any atom is -0.496 e. The van der Waals surface area contributed by atoms with Crippen molar-refractivity contribution in [2.75, 3.05) is 12.4 Å². The quantitative estimate of drug-likeness (QED) is 0.687. The zero-order chi connectivity index (χ0) is 14.7. The Labute approximate surface area is 129 Å². The van der Waals surface area contributed by atoms with Crippen LogP contribution >= 0.6 is 34.8 Å². The lowest BCUT2D eigenvalue weighted by molar-refractivity contribution is 0.102. The summed E-state index contributed by atoms with van der Waals surface area (Å²) in [5, 5.41) is 3.09. The van der Waals surface area contributed by atoms with E-state index >= 15 is 0 Å². The molecule has 0 saturated heterocycles. The number of benzene rings is 1. The Morgan fingerprint density at radius 2 is 1.95 bits per heavy atom. The maximum Gasteiger partial charge on any atom is 0.260 e. The van der Waals surface area contributed by atoms with E-state index in [1.54, 1.807) is 12.1 Å². The van der Waals surface area contributed by atoms with Gasteiger partial charge in [-0.1, -0.05) is 23.2 Å². The van der Waals surface area contributed by atoms with Crippen molar-refractivity contribution >= 4 is 46.5 Å². The van der Waals surface area contributed by atoms with E-state index in [1.807, 2.05) is 0 Å². The summed E-state index contributed by atoms with van der Waals surface area (Å²) in [5.74, 6) is 0.114. The molecule has 5 nitrogen and oxygen atoms in total. The Hall–Kier alpha value is -1.56. The lowest BCUT2D eigenvalue weighted by atomic mass is 10.2. The summed E-state index contributed by atoms with van der Waals surface area (Å²) in [5.41, 5.74) is 0.308. The molecule has 1 aromatic heterocycles. The van der Waals surface area contributed by atoms with Crippen LogP contribution in [0.2, 0.25) is 15.5 Å². The lowest BCUT2D eigenvalue weighted by Crippen LogP contribution is -2.14. The van der Waals surface area contributed by atoms with E-state index in [4.69, 9.17) is 39.5 Å². The molecule has 8 heteroatoms. The SMILES string of the molecule is COc1cc(Cl)ccc1C(=O)Nc1cc(Cl)nc(Cl)n1. The number of methoxy groups -OCH3 is 1. The average molecular weight is 333 g/mol. The number of aromatic nitrogens is 2. The van der Waals surface area contributed by atoms with Crippen molar-refractivity contribution in [2.45, 2.75) is 0 Å². The van der Waals surface area contributed by atoms with E-state index < -0.39 is 5.91 Å². The maximum absolute atomic E-state index is 12.1. The highest BCUT2D eigenvalue weighted by Crippen LogP contribution is 2.24.